The lowest BCUT2D eigenvalue weighted by atomic mass is 10.1. The van der Waals surface area contributed by atoms with Crippen LogP contribution in [-0.2, 0) is 6.42 Å². The van der Waals surface area contributed by atoms with Gasteiger partial charge in [0.1, 0.15) is 11.2 Å². The van der Waals surface area contributed by atoms with E-state index in [2.05, 4.69) is 35.3 Å². The normalized spacial score (nSPS) is 11.1. The Morgan fingerprint density at radius 1 is 1.05 bits per heavy atom. The highest BCUT2D eigenvalue weighted by atomic mass is 16.1. The molecule has 0 radical (unpaired) electrons. The molecule has 0 bridgehead atoms. The van der Waals surface area contributed by atoms with E-state index in [4.69, 9.17) is 0 Å². The molecule has 0 aliphatic heterocycles. The third kappa shape index (κ3) is 2.16. The first-order valence-corrected chi connectivity index (χ1v) is 6.69. The molecule has 22 heavy (non-hydrogen) atoms. The van der Waals surface area contributed by atoms with Gasteiger partial charge in [0.05, 0.1) is 11.9 Å². The molecule has 0 fully saturated rings. The number of fused-ring (bicyclic) bond motifs is 1. The van der Waals surface area contributed by atoms with Crippen LogP contribution in [0.4, 0.5) is 0 Å². The average Bonchev–Trinajstić information content (AvgIpc) is 3.16. The predicted octanol–water partition coefficient (Wildman–Crippen LogP) is 1.02. The smallest absolute Gasteiger partial charge is 0.303 e. The van der Waals surface area contributed by atoms with Crippen LogP contribution in [-0.4, -0.2) is 35.3 Å². The second kappa shape index (κ2) is 4.92. The number of benzene rings is 1. The lowest BCUT2D eigenvalue weighted by Gasteiger charge is -2.04. The molecule has 0 aliphatic rings. The average molecular weight is 293 g/mol. The second-order valence-corrected chi connectivity index (χ2v) is 4.82. The molecule has 108 valence electrons. The van der Waals surface area contributed by atoms with Gasteiger partial charge in [0.2, 0.25) is 0 Å². The Hall–Kier alpha value is -3.29. The summed E-state index contributed by atoms with van der Waals surface area (Å²) in [5.74, 6) is 0.419. The third-order valence-electron chi connectivity index (χ3n) is 3.31. The van der Waals surface area contributed by atoms with Crippen LogP contribution in [0.5, 0.6) is 0 Å². The Bertz CT molecular complexity index is 970. The molecule has 4 rings (SSSR count). The lowest BCUT2D eigenvalue weighted by molar-refractivity contribution is 0.937. The number of aromatic amines is 3. The summed E-state index contributed by atoms with van der Waals surface area (Å²) in [6.45, 7) is 0. The van der Waals surface area contributed by atoms with Gasteiger partial charge in [0, 0.05) is 6.42 Å². The first-order valence-electron chi connectivity index (χ1n) is 6.69. The number of imidazole rings is 1. The molecule has 0 saturated carbocycles. The van der Waals surface area contributed by atoms with Gasteiger partial charge in [-0.15, -0.1) is 5.10 Å². The van der Waals surface area contributed by atoms with Crippen LogP contribution in [0.2, 0.25) is 0 Å². The quantitative estimate of drug-likeness (QED) is 0.521. The van der Waals surface area contributed by atoms with Gasteiger partial charge in [-0.25, -0.2) is 14.8 Å². The third-order valence-corrected chi connectivity index (χ3v) is 3.31. The zero-order chi connectivity index (χ0) is 14.9. The molecule has 0 aliphatic carbocycles. The van der Waals surface area contributed by atoms with Crippen LogP contribution in [0.3, 0.4) is 0 Å². The molecule has 0 unspecified atom stereocenters. The molecule has 0 amide bonds. The van der Waals surface area contributed by atoms with E-state index in [0.29, 0.717) is 29.1 Å². The highest BCUT2D eigenvalue weighted by molar-refractivity contribution is 5.75. The van der Waals surface area contributed by atoms with Gasteiger partial charge < -0.3 is 4.98 Å². The van der Waals surface area contributed by atoms with Crippen molar-refractivity contribution in [1.29, 1.82) is 0 Å². The molecule has 4 aromatic rings. The summed E-state index contributed by atoms with van der Waals surface area (Å²) >= 11 is 0. The highest BCUT2D eigenvalue weighted by Gasteiger charge is 2.14. The van der Waals surface area contributed by atoms with Gasteiger partial charge in [0.25, 0.3) is 0 Å². The summed E-state index contributed by atoms with van der Waals surface area (Å²) in [7, 11) is 0. The van der Waals surface area contributed by atoms with Crippen molar-refractivity contribution >= 4 is 11.2 Å². The van der Waals surface area contributed by atoms with Crippen molar-refractivity contribution in [2.75, 3.05) is 0 Å². The highest BCUT2D eigenvalue weighted by Crippen LogP contribution is 2.18. The van der Waals surface area contributed by atoms with E-state index in [1.807, 2.05) is 30.3 Å². The van der Waals surface area contributed by atoms with E-state index in [1.54, 1.807) is 6.20 Å². The molecular formula is C14H11N7O. The van der Waals surface area contributed by atoms with E-state index >= 15 is 0 Å². The summed E-state index contributed by atoms with van der Waals surface area (Å²) in [6.07, 6.45) is 2.19. The molecule has 0 saturated heterocycles. The van der Waals surface area contributed by atoms with Crippen LogP contribution in [0.1, 0.15) is 11.3 Å². The Kier molecular flexibility index (Phi) is 2.78. The number of H-pyrrole nitrogens is 3. The lowest BCUT2D eigenvalue weighted by Crippen LogP contribution is -2.00. The molecule has 1 aromatic carbocycles. The summed E-state index contributed by atoms with van der Waals surface area (Å²) in [5, 5.41) is 10.2. The van der Waals surface area contributed by atoms with Gasteiger partial charge >= 0.3 is 5.69 Å². The van der Waals surface area contributed by atoms with Crippen LogP contribution in [0, 0.1) is 0 Å². The predicted molar refractivity (Wildman–Crippen MR) is 79.1 cm³/mol. The van der Waals surface area contributed by atoms with Crippen molar-refractivity contribution in [3.63, 3.8) is 0 Å². The number of rotatable bonds is 3. The molecule has 3 heterocycles. The van der Waals surface area contributed by atoms with E-state index in [9.17, 15) is 4.79 Å². The Morgan fingerprint density at radius 3 is 2.68 bits per heavy atom. The van der Waals surface area contributed by atoms with Crippen LogP contribution >= 0.6 is 0 Å². The van der Waals surface area contributed by atoms with Gasteiger partial charge in [-0.2, -0.15) is 0 Å². The Labute approximate surface area is 123 Å². The number of aromatic nitrogens is 7. The van der Waals surface area contributed by atoms with Crippen molar-refractivity contribution in [2.45, 2.75) is 6.42 Å². The van der Waals surface area contributed by atoms with Gasteiger partial charge in [0.15, 0.2) is 11.5 Å². The maximum absolute atomic E-state index is 11.6. The second-order valence-electron chi connectivity index (χ2n) is 4.82. The minimum Gasteiger partial charge on any atom is -0.303 e. The maximum atomic E-state index is 11.6. The zero-order valence-electron chi connectivity index (χ0n) is 11.4. The van der Waals surface area contributed by atoms with E-state index in [0.717, 1.165) is 11.3 Å². The van der Waals surface area contributed by atoms with Gasteiger partial charge in [-0.1, -0.05) is 35.5 Å². The van der Waals surface area contributed by atoms with E-state index in [1.165, 1.54) is 0 Å². The molecule has 0 atom stereocenters. The van der Waals surface area contributed by atoms with Crippen LogP contribution in [0.15, 0.2) is 41.3 Å². The molecular weight excluding hydrogens is 282 g/mol. The topological polar surface area (TPSA) is 116 Å². The SMILES string of the molecule is O=c1[nH]c2nc(-c3c[nH]nn3)nc(Cc3ccccc3)c2[nH]1. The minimum absolute atomic E-state index is 0.309. The largest absolute Gasteiger partial charge is 0.325 e. The number of nitrogens with zero attached hydrogens (tertiary/aromatic N) is 4. The van der Waals surface area contributed by atoms with Crippen molar-refractivity contribution < 1.29 is 0 Å². The van der Waals surface area contributed by atoms with E-state index in [-0.39, 0.29) is 5.69 Å². The number of hydrogen-bond donors (Lipinski definition) is 3. The molecule has 3 aromatic heterocycles. The maximum Gasteiger partial charge on any atom is 0.325 e. The fourth-order valence-corrected chi connectivity index (χ4v) is 2.32. The summed E-state index contributed by atoms with van der Waals surface area (Å²) in [4.78, 5) is 25.8. The van der Waals surface area contributed by atoms with E-state index < -0.39 is 0 Å². The molecule has 8 nitrogen and oxygen atoms in total. The fourth-order valence-electron chi connectivity index (χ4n) is 2.32. The summed E-state index contributed by atoms with van der Waals surface area (Å²) in [6, 6.07) is 9.90. The van der Waals surface area contributed by atoms with Crippen molar-refractivity contribution in [3.8, 4) is 11.5 Å². The van der Waals surface area contributed by atoms with Crippen molar-refractivity contribution in [3.05, 3.63) is 58.3 Å². The summed E-state index contributed by atoms with van der Waals surface area (Å²) in [5.41, 5.74) is 3.11. The number of hydrogen-bond acceptors (Lipinski definition) is 5. The monoisotopic (exact) mass is 293 g/mol. The Balaban J connectivity index is 1.89. The van der Waals surface area contributed by atoms with Crippen molar-refractivity contribution in [2.24, 2.45) is 0 Å². The Morgan fingerprint density at radius 2 is 1.91 bits per heavy atom. The summed E-state index contributed by atoms with van der Waals surface area (Å²) < 4.78 is 0. The van der Waals surface area contributed by atoms with Gasteiger partial charge in [-0.3, -0.25) is 10.1 Å². The van der Waals surface area contributed by atoms with Crippen LogP contribution < -0.4 is 5.69 Å². The zero-order valence-corrected chi connectivity index (χ0v) is 11.4. The first-order chi connectivity index (χ1) is 10.8. The van der Waals surface area contributed by atoms with Gasteiger partial charge in [-0.05, 0) is 5.56 Å². The minimum atomic E-state index is -0.309. The van der Waals surface area contributed by atoms with Crippen molar-refractivity contribution in [1.82, 2.24) is 35.3 Å². The molecule has 3 N–H and O–H groups in total. The fraction of sp³-hybridized carbons (Fsp3) is 0.0714. The standard InChI is InChI=1S/C14H11N7O/c22-14-17-11-9(6-8-4-2-1-3-5-8)16-12(18-13(11)19-14)10-7-15-21-20-10/h1-5,7H,6H2,(H,15,20,21)(H2,16,17,18,19,22). The van der Waals surface area contributed by atoms with Crippen LogP contribution in [0.25, 0.3) is 22.7 Å². The first kappa shape index (κ1) is 12.5. The molecule has 0 spiro atoms. The molecule has 8 heteroatoms. The number of nitrogens with one attached hydrogen (secondary N) is 3.